The van der Waals surface area contributed by atoms with E-state index in [9.17, 15) is 17.8 Å². The number of nitrogens with zero attached hydrogens (tertiary/aromatic N) is 1. The van der Waals surface area contributed by atoms with Crippen molar-refractivity contribution in [1.82, 2.24) is 5.32 Å². The zero-order chi connectivity index (χ0) is 23.3. The first-order valence-corrected chi connectivity index (χ1v) is 12.3. The van der Waals surface area contributed by atoms with E-state index < -0.39 is 32.4 Å². The first-order chi connectivity index (χ1) is 14.9. The van der Waals surface area contributed by atoms with Gasteiger partial charge < -0.3 is 21.7 Å². The fourth-order valence-corrected chi connectivity index (χ4v) is 6.39. The van der Waals surface area contributed by atoms with Gasteiger partial charge in [-0.25, -0.2) is 8.78 Å². The first-order valence-electron chi connectivity index (χ1n) is 10.5. The normalized spacial score (nSPS) is 24.1. The number of nitrogens with one attached hydrogen (secondary N) is 1. The van der Waals surface area contributed by atoms with Crippen molar-refractivity contribution < 1.29 is 17.8 Å². The van der Waals surface area contributed by atoms with E-state index in [4.69, 9.17) is 11.5 Å². The average molecular weight is 463 g/mol. The molecule has 4 rings (SSSR count). The Morgan fingerprint density at radius 2 is 1.94 bits per heavy atom. The van der Waals surface area contributed by atoms with E-state index in [1.807, 2.05) is 11.0 Å². The number of carbonyl (C=O) groups excluding carboxylic acids is 1. The number of halogens is 2. The lowest BCUT2D eigenvalue weighted by Crippen LogP contribution is -2.51. The molecule has 1 heterocycles. The topological polar surface area (TPSA) is 101 Å². The Balaban J connectivity index is 1.71. The fraction of sp³-hybridized carbons (Fsp3) is 0.391. The third-order valence-electron chi connectivity index (χ3n) is 6.20. The maximum Gasteiger partial charge on any atom is 0.271 e. The van der Waals surface area contributed by atoms with Crippen LogP contribution in [0.4, 0.5) is 20.2 Å². The van der Waals surface area contributed by atoms with E-state index in [-0.39, 0.29) is 29.3 Å². The van der Waals surface area contributed by atoms with Gasteiger partial charge in [0.2, 0.25) is 5.91 Å². The number of rotatable bonds is 6. The summed E-state index contributed by atoms with van der Waals surface area (Å²) in [5.41, 5.74) is 12.2. The van der Waals surface area contributed by atoms with E-state index in [0.717, 1.165) is 6.92 Å². The number of nitrogens with two attached hydrogens (primary N) is 2. The summed E-state index contributed by atoms with van der Waals surface area (Å²) >= 11 is 0. The van der Waals surface area contributed by atoms with Crippen LogP contribution < -0.4 is 21.7 Å². The summed E-state index contributed by atoms with van der Waals surface area (Å²) in [7, 11) is -3.16. The predicted octanol–water partition coefficient (Wildman–Crippen LogP) is 2.67. The van der Waals surface area contributed by atoms with Crippen LogP contribution in [0.25, 0.3) is 0 Å². The summed E-state index contributed by atoms with van der Waals surface area (Å²) in [6.45, 7) is 0.993. The average Bonchev–Trinajstić information content (AvgIpc) is 3.26. The van der Waals surface area contributed by atoms with E-state index in [2.05, 4.69) is 11.2 Å². The standard InChI is InChI=1S/C23H28F2N4O2S/c1-22(24,25)18-8-3-4-9-20(18)32(2,31)17-13-19(21(30)28-23(27)10-11-23)29(14-17)16-7-5-6-15(26)12-16/h3-9,12,17,19H,2,10-11,13-14,26-27H2,1H3,(H,28,30). The third-order valence-corrected chi connectivity index (χ3v) is 8.72. The number of amides is 1. The van der Waals surface area contributed by atoms with Crippen molar-refractivity contribution in [2.24, 2.45) is 5.73 Å². The molecular formula is C23H28F2N4O2S. The molecule has 2 aliphatic rings. The van der Waals surface area contributed by atoms with Crippen LogP contribution in [-0.2, 0) is 20.2 Å². The van der Waals surface area contributed by atoms with Gasteiger partial charge in [-0.2, -0.15) is 0 Å². The quantitative estimate of drug-likeness (QED) is 0.348. The maximum atomic E-state index is 14.3. The Morgan fingerprint density at radius 1 is 1.25 bits per heavy atom. The Kier molecular flexibility index (Phi) is 5.45. The number of nitrogen functional groups attached to an aromatic ring is 1. The fourth-order valence-electron chi connectivity index (χ4n) is 4.21. The molecule has 3 atom stereocenters. The van der Waals surface area contributed by atoms with Crippen LogP contribution in [0.2, 0.25) is 0 Å². The second kappa shape index (κ2) is 7.74. The highest BCUT2D eigenvalue weighted by atomic mass is 32.2. The van der Waals surface area contributed by atoms with Gasteiger partial charge in [0.25, 0.3) is 5.92 Å². The molecule has 6 nitrogen and oxygen atoms in total. The molecule has 1 saturated carbocycles. The minimum Gasteiger partial charge on any atom is -0.399 e. The highest BCUT2D eigenvalue weighted by Crippen LogP contribution is 2.38. The second-order valence-corrected chi connectivity index (χ2v) is 11.4. The Bertz CT molecular complexity index is 1140. The number of anilines is 2. The first kappa shape index (κ1) is 22.5. The Morgan fingerprint density at radius 3 is 2.56 bits per heavy atom. The number of carbonyl (C=O) groups is 1. The van der Waals surface area contributed by atoms with Gasteiger partial charge in [-0.05, 0) is 49.4 Å². The second-order valence-electron chi connectivity index (χ2n) is 8.88. The molecular weight excluding hydrogens is 434 g/mol. The summed E-state index contributed by atoms with van der Waals surface area (Å²) in [5.74, 6) is 0.462. The van der Waals surface area contributed by atoms with Gasteiger partial charge in [0.05, 0.1) is 10.9 Å². The molecule has 1 aliphatic carbocycles. The number of hydrogen-bond acceptors (Lipinski definition) is 5. The molecule has 2 aromatic carbocycles. The molecule has 1 saturated heterocycles. The Hall–Kier alpha value is -2.65. The van der Waals surface area contributed by atoms with Crippen LogP contribution in [0.3, 0.4) is 0 Å². The number of alkyl halides is 2. The van der Waals surface area contributed by atoms with Crippen LogP contribution in [0.1, 0.15) is 31.7 Å². The summed E-state index contributed by atoms with van der Waals surface area (Å²) in [5, 5.41) is 2.25. The van der Waals surface area contributed by atoms with Crippen molar-refractivity contribution in [3.63, 3.8) is 0 Å². The molecule has 0 radical (unpaired) electrons. The zero-order valence-corrected chi connectivity index (χ0v) is 18.7. The van der Waals surface area contributed by atoms with Crippen LogP contribution in [0.5, 0.6) is 0 Å². The van der Waals surface area contributed by atoms with Gasteiger partial charge >= 0.3 is 0 Å². The monoisotopic (exact) mass is 462 g/mol. The van der Waals surface area contributed by atoms with Crippen molar-refractivity contribution >= 4 is 32.7 Å². The van der Waals surface area contributed by atoms with E-state index >= 15 is 0 Å². The molecule has 32 heavy (non-hydrogen) atoms. The van der Waals surface area contributed by atoms with E-state index in [1.165, 1.54) is 18.2 Å². The molecule has 172 valence electrons. The summed E-state index contributed by atoms with van der Waals surface area (Å²) < 4.78 is 42.4. The lowest BCUT2D eigenvalue weighted by atomic mass is 10.1. The lowest BCUT2D eigenvalue weighted by Gasteiger charge is -2.27. The summed E-state index contributed by atoms with van der Waals surface area (Å²) in [4.78, 5) is 15.0. The molecule has 0 aromatic heterocycles. The molecule has 3 unspecified atom stereocenters. The molecule has 5 N–H and O–H groups in total. The predicted molar refractivity (Wildman–Crippen MR) is 124 cm³/mol. The molecule has 0 spiro atoms. The summed E-state index contributed by atoms with van der Waals surface area (Å²) in [6.07, 6.45) is 1.58. The third kappa shape index (κ3) is 4.31. The van der Waals surface area contributed by atoms with Crippen LogP contribution in [0, 0.1) is 0 Å². The van der Waals surface area contributed by atoms with Crippen molar-refractivity contribution in [3.8, 4) is 0 Å². The van der Waals surface area contributed by atoms with E-state index in [1.54, 1.807) is 24.3 Å². The van der Waals surface area contributed by atoms with Gasteiger partial charge in [-0.1, -0.05) is 24.3 Å². The lowest BCUT2D eigenvalue weighted by molar-refractivity contribution is -0.123. The smallest absolute Gasteiger partial charge is 0.271 e. The van der Waals surface area contributed by atoms with Gasteiger partial charge in [0, 0.05) is 44.8 Å². The van der Waals surface area contributed by atoms with Gasteiger partial charge in [-0.3, -0.25) is 9.00 Å². The number of hydrogen-bond donors (Lipinski definition) is 3. The molecule has 1 amide bonds. The summed E-state index contributed by atoms with van der Waals surface area (Å²) in [6, 6.07) is 12.2. The number of benzene rings is 2. The van der Waals surface area contributed by atoms with Crippen molar-refractivity contribution in [2.45, 2.75) is 54.0 Å². The molecule has 2 fully saturated rings. The molecule has 9 heteroatoms. The molecule has 2 aromatic rings. The largest absolute Gasteiger partial charge is 0.399 e. The highest BCUT2D eigenvalue weighted by molar-refractivity contribution is 8.01. The van der Waals surface area contributed by atoms with Crippen LogP contribution in [0.15, 0.2) is 53.4 Å². The van der Waals surface area contributed by atoms with E-state index in [0.29, 0.717) is 24.2 Å². The zero-order valence-electron chi connectivity index (χ0n) is 17.9. The van der Waals surface area contributed by atoms with Crippen molar-refractivity contribution in [3.05, 3.63) is 54.1 Å². The molecule has 0 bridgehead atoms. The van der Waals surface area contributed by atoms with Gasteiger partial charge in [-0.15, -0.1) is 0 Å². The van der Waals surface area contributed by atoms with Gasteiger partial charge in [0.15, 0.2) is 0 Å². The minimum absolute atomic E-state index is 0.0311. The van der Waals surface area contributed by atoms with Crippen molar-refractivity contribution in [1.29, 1.82) is 0 Å². The van der Waals surface area contributed by atoms with Gasteiger partial charge in [0.1, 0.15) is 6.04 Å². The minimum atomic E-state index is -3.17. The highest BCUT2D eigenvalue weighted by Gasteiger charge is 2.46. The SMILES string of the molecule is C=S(=O)(c1ccccc1C(C)(F)F)C1CC(C(=O)NC2(N)CC2)N(c2cccc(N)c2)C1. The maximum absolute atomic E-state index is 14.3. The van der Waals surface area contributed by atoms with Crippen LogP contribution >= 0.6 is 0 Å². The van der Waals surface area contributed by atoms with Crippen molar-refractivity contribution in [2.75, 3.05) is 17.2 Å². The molecule has 1 aliphatic heterocycles. The van der Waals surface area contributed by atoms with Crippen LogP contribution in [-0.4, -0.2) is 39.5 Å². The Labute approximate surface area is 187 Å².